The molecule has 0 N–H and O–H groups in total. The molecule has 0 fully saturated rings. The molecule has 0 aromatic heterocycles. The number of esters is 3. The third-order valence-electron chi connectivity index (χ3n) is 8.96. The predicted octanol–water partition coefficient (Wildman–Crippen LogP) is 12.9. The van der Waals surface area contributed by atoms with Crippen LogP contribution in [0.5, 0.6) is 0 Å². The minimum absolute atomic E-state index is 0.0731. The van der Waals surface area contributed by atoms with E-state index in [0.717, 1.165) is 77.0 Å². The van der Waals surface area contributed by atoms with E-state index in [-0.39, 0.29) is 31.1 Å². The molecule has 0 saturated carbocycles. The van der Waals surface area contributed by atoms with Gasteiger partial charge in [-0.05, 0) is 51.4 Å². The van der Waals surface area contributed by atoms with Crippen LogP contribution in [0.25, 0.3) is 0 Å². The van der Waals surface area contributed by atoms with Crippen LogP contribution in [0.4, 0.5) is 0 Å². The van der Waals surface area contributed by atoms with E-state index in [1.807, 2.05) is 0 Å². The zero-order chi connectivity index (χ0) is 35.9. The Hall–Kier alpha value is -2.11. The molecule has 0 spiro atoms. The first-order valence-corrected chi connectivity index (χ1v) is 20.8. The van der Waals surface area contributed by atoms with Gasteiger partial charge in [-0.2, -0.15) is 0 Å². The highest BCUT2D eigenvalue weighted by Gasteiger charge is 2.19. The second-order valence-corrected chi connectivity index (χ2v) is 13.9. The number of rotatable bonds is 37. The Balaban J connectivity index is 4.16. The van der Waals surface area contributed by atoms with E-state index in [0.29, 0.717) is 19.3 Å². The molecule has 0 aliphatic rings. The van der Waals surface area contributed by atoms with Crippen LogP contribution >= 0.6 is 0 Å². The summed E-state index contributed by atoms with van der Waals surface area (Å²) in [5, 5.41) is 0. The predicted molar refractivity (Wildman–Crippen MR) is 206 cm³/mol. The van der Waals surface area contributed by atoms with Gasteiger partial charge in [-0.3, -0.25) is 14.4 Å². The summed E-state index contributed by atoms with van der Waals surface area (Å²) in [6, 6.07) is 0. The summed E-state index contributed by atoms with van der Waals surface area (Å²) in [6.07, 6.45) is 40.5. The lowest BCUT2D eigenvalue weighted by Crippen LogP contribution is -2.30. The number of carbonyl (C=O) groups excluding carboxylic acids is 3. The van der Waals surface area contributed by atoms with Crippen molar-refractivity contribution in [2.45, 2.75) is 219 Å². The van der Waals surface area contributed by atoms with Crippen LogP contribution in [0.2, 0.25) is 0 Å². The van der Waals surface area contributed by atoms with Crippen LogP contribution in [0.1, 0.15) is 213 Å². The first-order chi connectivity index (χ1) is 24.0. The van der Waals surface area contributed by atoms with Crippen molar-refractivity contribution in [1.29, 1.82) is 0 Å². The molecule has 0 aliphatic heterocycles. The van der Waals surface area contributed by atoms with E-state index in [1.54, 1.807) is 0 Å². The largest absolute Gasteiger partial charge is 0.462 e. The van der Waals surface area contributed by atoms with Crippen molar-refractivity contribution in [3.63, 3.8) is 0 Å². The van der Waals surface area contributed by atoms with Crippen molar-refractivity contribution in [1.82, 2.24) is 0 Å². The first-order valence-electron chi connectivity index (χ1n) is 20.8. The molecule has 0 saturated heterocycles. The Morgan fingerprint density at radius 3 is 1.14 bits per heavy atom. The Morgan fingerprint density at radius 1 is 0.408 bits per heavy atom. The van der Waals surface area contributed by atoms with Crippen LogP contribution < -0.4 is 0 Å². The number of allylic oxidation sites excluding steroid dienone is 4. The van der Waals surface area contributed by atoms with E-state index in [9.17, 15) is 14.4 Å². The van der Waals surface area contributed by atoms with E-state index in [1.165, 1.54) is 96.3 Å². The maximum Gasteiger partial charge on any atom is 0.306 e. The van der Waals surface area contributed by atoms with E-state index < -0.39 is 6.10 Å². The van der Waals surface area contributed by atoms with Gasteiger partial charge in [0.25, 0.3) is 0 Å². The highest BCUT2D eigenvalue weighted by Crippen LogP contribution is 2.13. The third kappa shape index (κ3) is 37.0. The average molecular weight is 691 g/mol. The topological polar surface area (TPSA) is 78.9 Å². The van der Waals surface area contributed by atoms with Gasteiger partial charge >= 0.3 is 17.9 Å². The fraction of sp³-hybridized carbons (Fsp3) is 0.837. The molecule has 0 radical (unpaired) electrons. The van der Waals surface area contributed by atoms with E-state index in [2.05, 4.69) is 45.1 Å². The Labute approximate surface area is 303 Å². The second-order valence-electron chi connectivity index (χ2n) is 13.9. The van der Waals surface area contributed by atoms with Gasteiger partial charge in [-0.25, -0.2) is 0 Å². The monoisotopic (exact) mass is 691 g/mol. The van der Waals surface area contributed by atoms with Crippen molar-refractivity contribution < 1.29 is 28.6 Å². The Kier molecular flexibility index (Phi) is 37.0. The van der Waals surface area contributed by atoms with Gasteiger partial charge < -0.3 is 14.2 Å². The zero-order valence-corrected chi connectivity index (χ0v) is 32.5. The highest BCUT2D eigenvalue weighted by molar-refractivity contribution is 5.71. The summed E-state index contributed by atoms with van der Waals surface area (Å²) < 4.78 is 16.5. The van der Waals surface area contributed by atoms with Crippen molar-refractivity contribution in [2.24, 2.45) is 0 Å². The van der Waals surface area contributed by atoms with Gasteiger partial charge in [0.2, 0.25) is 0 Å². The fourth-order valence-electron chi connectivity index (χ4n) is 5.76. The molecule has 6 nitrogen and oxygen atoms in total. The minimum atomic E-state index is -0.763. The number of hydrogen-bond acceptors (Lipinski definition) is 6. The highest BCUT2D eigenvalue weighted by atomic mass is 16.6. The first kappa shape index (κ1) is 46.9. The normalized spacial score (nSPS) is 12.1. The molecule has 0 heterocycles. The number of carbonyl (C=O) groups is 3. The van der Waals surface area contributed by atoms with Gasteiger partial charge in [0, 0.05) is 19.3 Å². The fourth-order valence-corrected chi connectivity index (χ4v) is 5.76. The van der Waals surface area contributed by atoms with Crippen molar-refractivity contribution in [3.05, 3.63) is 24.3 Å². The quantitative estimate of drug-likeness (QED) is 0.0279. The molecule has 0 bridgehead atoms. The molecule has 286 valence electrons. The SMILES string of the molecule is CCCCCC/C=C\C/C=C\CCCCCCCCCC(=O)OCC(COC(=O)CCCCCCC)OC(=O)CCCCCCCCCC. The molecule has 0 aromatic carbocycles. The summed E-state index contributed by atoms with van der Waals surface area (Å²) in [7, 11) is 0. The van der Waals surface area contributed by atoms with Crippen molar-refractivity contribution >= 4 is 17.9 Å². The Bertz CT molecular complexity index is 804. The summed E-state index contributed by atoms with van der Waals surface area (Å²) in [4.78, 5) is 37.2. The molecule has 0 amide bonds. The summed E-state index contributed by atoms with van der Waals surface area (Å²) >= 11 is 0. The molecular formula is C43H78O6. The summed E-state index contributed by atoms with van der Waals surface area (Å²) in [5.74, 6) is -0.900. The lowest BCUT2D eigenvalue weighted by atomic mass is 10.1. The van der Waals surface area contributed by atoms with Crippen LogP contribution in [-0.2, 0) is 28.6 Å². The van der Waals surface area contributed by atoms with Crippen LogP contribution in [0.15, 0.2) is 24.3 Å². The molecule has 6 heteroatoms. The van der Waals surface area contributed by atoms with E-state index in [4.69, 9.17) is 14.2 Å². The molecule has 1 unspecified atom stereocenters. The van der Waals surface area contributed by atoms with Crippen LogP contribution in [-0.4, -0.2) is 37.2 Å². The molecule has 0 aromatic rings. The standard InChI is InChI=1S/C43H78O6/c1-4-7-10-13-15-17-18-19-20-21-22-23-24-25-26-28-30-33-36-42(45)48-39-40(38-47-41(44)35-32-29-12-9-6-3)49-43(46)37-34-31-27-16-14-11-8-5-2/h17-18,20-21,40H,4-16,19,22-39H2,1-3H3/b18-17-,21-20-. The number of ether oxygens (including phenoxy) is 3. The summed E-state index contributed by atoms with van der Waals surface area (Å²) in [5.41, 5.74) is 0. The van der Waals surface area contributed by atoms with Gasteiger partial charge in [-0.1, -0.05) is 167 Å². The van der Waals surface area contributed by atoms with Gasteiger partial charge in [0.05, 0.1) is 0 Å². The third-order valence-corrected chi connectivity index (χ3v) is 8.96. The number of unbranched alkanes of at least 4 members (excludes halogenated alkanes) is 22. The van der Waals surface area contributed by atoms with E-state index >= 15 is 0 Å². The lowest BCUT2D eigenvalue weighted by Gasteiger charge is -2.18. The van der Waals surface area contributed by atoms with Crippen molar-refractivity contribution in [2.75, 3.05) is 13.2 Å². The van der Waals surface area contributed by atoms with Crippen LogP contribution in [0.3, 0.4) is 0 Å². The zero-order valence-electron chi connectivity index (χ0n) is 32.5. The molecule has 0 rings (SSSR count). The summed E-state index contributed by atoms with van der Waals surface area (Å²) in [6.45, 7) is 6.49. The van der Waals surface area contributed by atoms with Gasteiger partial charge in [0.1, 0.15) is 13.2 Å². The van der Waals surface area contributed by atoms with Crippen molar-refractivity contribution in [3.8, 4) is 0 Å². The maximum atomic E-state index is 12.5. The average Bonchev–Trinajstić information content (AvgIpc) is 3.09. The van der Waals surface area contributed by atoms with Crippen LogP contribution in [0, 0.1) is 0 Å². The molecule has 49 heavy (non-hydrogen) atoms. The molecular weight excluding hydrogens is 612 g/mol. The Morgan fingerprint density at radius 2 is 0.735 bits per heavy atom. The molecule has 1 atom stereocenters. The maximum absolute atomic E-state index is 12.5. The van der Waals surface area contributed by atoms with Gasteiger partial charge in [0.15, 0.2) is 6.10 Å². The lowest BCUT2D eigenvalue weighted by molar-refractivity contribution is -0.167. The number of hydrogen-bond donors (Lipinski definition) is 0. The van der Waals surface area contributed by atoms with Gasteiger partial charge in [-0.15, -0.1) is 0 Å². The second kappa shape index (κ2) is 38.7. The smallest absolute Gasteiger partial charge is 0.306 e. The molecule has 0 aliphatic carbocycles. The minimum Gasteiger partial charge on any atom is -0.462 e.